The average Bonchev–Trinajstić information content (AvgIpc) is 2.00. The Morgan fingerprint density at radius 3 is 1.69 bits per heavy atom. The van der Waals surface area contributed by atoms with Gasteiger partial charge in [-0.15, -0.1) is 0 Å². The second-order valence-electron chi connectivity index (χ2n) is 2.55. The van der Waals surface area contributed by atoms with Crippen LogP contribution in [0, 0.1) is 0 Å². The van der Waals surface area contributed by atoms with Crippen LogP contribution in [0.2, 0.25) is 0 Å². The van der Waals surface area contributed by atoms with E-state index < -0.39 is 28.9 Å². The molecule has 1 aliphatic carbocycles. The van der Waals surface area contributed by atoms with Crippen molar-refractivity contribution in [1.29, 1.82) is 0 Å². The fourth-order valence-corrected chi connectivity index (χ4v) is 1.17. The molecule has 8 heteroatoms. The molecular formula is C5HClF6O. The Bertz CT molecular complexity index is 266. The number of halogens is 7. The van der Waals surface area contributed by atoms with Gasteiger partial charge < -0.3 is 0 Å². The highest BCUT2D eigenvalue weighted by molar-refractivity contribution is 6.66. The minimum absolute atomic E-state index is 2.46. The van der Waals surface area contributed by atoms with E-state index in [0.29, 0.717) is 0 Å². The minimum atomic E-state index is -5.39. The lowest BCUT2D eigenvalue weighted by Crippen LogP contribution is -2.80. The van der Waals surface area contributed by atoms with E-state index in [4.69, 9.17) is 0 Å². The topological polar surface area (TPSA) is 17.1 Å². The Morgan fingerprint density at radius 2 is 1.54 bits per heavy atom. The van der Waals surface area contributed by atoms with Crippen LogP contribution in [0.1, 0.15) is 0 Å². The van der Waals surface area contributed by atoms with Crippen LogP contribution < -0.4 is 0 Å². The van der Waals surface area contributed by atoms with Gasteiger partial charge in [0, 0.05) is 0 Å². The van der Waals surface area contributed by atoms with Gasteiger partial charge in [-0.25, -0.2) is 8.78 Å². The molecule has 0 aromatic heterocycles. The van der Waals surface area contributed by atoms with Crippen molar-refractivity contribution in [3.05, 3.63) is 0 Å². The van der Waals surface area contributed by atoms with Crippen molar-refractivity contribution in [3.63, 3.8) is 0 Å². The zero-order valence-electron chi connectivity index (χ0n) is 5.63. The predicted molar refractivity (Wildman–Crippen MR) is 29.5 cm³/mol. The van der Waals surface area contributed by atoms with Crippen molar-refractivity contribution in [2.24, 2.45) is 0 Å². The third-order valence-corrected chi connectivity index (χ3v) is 2.10. The third-order valence-electron chi connectivity index (χ3n) is 1.83. The van der Waals surface area contributed by atoms with Gasteiger partial charge in [-0.05, 0) is 11.6 Å². The normalized spacial score (nSPS) is 41.0. The van der Waals surface area contributed by atoms with Crippen LogP contribution in [0.15, 0.2) is 0 Å². The molecule has 0 aromatic rings. The maximum absolute atomic E-state index is 12.6. The fourth-order valence-electron chi connectivity index (χ4n) is 0.956. The number of hydrogen-bond acceptors (Lipinski definition) is 1. The van der Waals surface area contributed by atoms with Crippen LogP contribution in [0.4, 0.5) is 26.3 Å². The molecule has 2 atom stereocenters. The Morgan fingerprint density at radius 1 is 1.15 bits per heavy atom. The van der Waals surface area contributed by atoms with Crippen LogP contribution in [0.5, 0.6) is 0 Å². The van der Waals surface area contributed by atoms with Gasteiger partial charge in [-0.3, -0.25) is 4.79 Å². The number of carbonyl (C=O) groups excluding carboxylic acids is 1. The monoisotopic (exact) mass is 226 g/mol. The Hall–Kier alpha value is -0.460. The Kier molecular flexibility index (Phi) is 1.89. The lowest BCUT2D eigenvalue weighted by Gasteiger charge is -2.48. The van der Waals surface area contributed by atoms with Gasteiger partial charge in [0.15, 0.2) is 0 Å². The van der Waals surface area contributed by atoms with E-state index in [1.165, 1.54) is 0 Å². The van der Waals surface area contributed by atoms with E-state index in [2.05, 4.69) is 11.6 Å². The third kappa shape index (κ3) is 0.832. The van der Waals surface area contributed by atoms with Gasteiger partial charge in [0.2, 0.25) is 6.17 Å². The average molecular weight is 227 g/mol. The highest BCUT2D eigenvalue weighted by atomic mass is 35.5. The van der Waals surface area contributed by atoms with E-state index in [1.54, 1.807) is 0 Å². The highest BCUT2D eigenvalue weighted by Crippen LogP contribution is 2.62. The van der Waals surface area contributed by atoms with Crippen molar-refractivity contribution in [3.8, 4) is 0 Å². The standard InChI is InChI=1S/C5HClF6O/c6-2(13)3(8)1(7)4(9,10)5(3,11)12/h1H. The minimum Gasteiger partial charge on any atom is -0.277 e. The molecule has 0 bridgehead atoms. The van der Waals surface area contributed by atoms with Crippen molar-refractivity contribution in [2.45, 2.75) is 23.7 Å². The van der Waals surface area contributed by atoms with Gasteiger partial charge in [-0.1, -0.05) is 0 Å². The fraction of sp³-hybridized carbons (Fsp3) is 0.800. The van der Waals surface area contributed by atoms with Gasteiger partial charge in [0.25, 0.3) is 10.9 Å². The first-order valence-electron chi connectivity index (χ1n) is 2.88. The molecule has 1 fully saturated rings. The first-order valence-corrected chi connectivity index (χ1v) is 3.26. The Labute approximate surface area is 72.7 Å². The molecule has 1 nitrogen and oxygen atoms in total. The van der Waals surface area contributed by atoms with Gasteiger partial charge >= 0.3 is 11.8 Å². The number of hydrogen-bond donors (Lipinski definition) is 0. The number of carbonyl (C=O) groups is 1. The van der Waals surface area contributed by atoms with Crippen LogP contribution in [-0.2, 0) is 4.79 Å². The second kappa shape index (κ2) is 2.31. The lowest BCUT2D eigenvalue weighted by atomic mass is 9.72. The number of rotatable bonds is 1. The van der Waals surface area contributed by atoms with E-state index in [9.17, 15) is 31.1 Å². The van der Waals surface area contributed by atoms with E-state index in [-0.39, 0.29) is 0 Å². The van der Waals surface area contributed by atoms with Crippen LogP contribution in [0.25, 0.3) is 0 Å². The van der Waals surface area contributed by atoms with Crippen LogP contribution >= 0.6 is 11.6 Å². The molecule has 1 saturated carbocycles. The molecule has 2 unspecified atom stereocenters. The van der Waals surface area contributed by atoms with E-state index in [0.717, 1.165) is 0 Å². The quantitative estimate of drug-likeness (QED) is 0.494. The van der Waals surface area contributed by atoms with Crippen molar-refractivity contribution in [1.82, 2.24) is 0 Å². The SMILES string of the molecule is O=C(Cl)C1(F)C(F)C(F)(F)C1(F)F. The molecule has 0 amide bonds. The maximum Gasteiger partial charge on any atom is 0.358 e. The zero-order valence-corrected chi connectivity index (χ0v) is 6.39. The maximum atomic E-state index is 12.6. The summed E-state index contributed by atoms with van der Waals surface area (Å²) in [4.78, 5) is 10.00. The molecule has 1 rings (SSSR count). The first kappa shape index (κ1) is 10.6. The molecule has 0 heterocycles. The van der Waals surface area contributed by atoms with Gasteiger partial charge in [-0.2, -0.15) is 17.6 Å². The molecule has 0 radical (unpaired) electrons. The molecule has 0 N–H and O–H groups in total. The van der Waals surface area contributed by atoms with Gasteiger partial charge in [0.1, 0.15) is 0 Å². The van der Waals surface area contributed by atoms with Crippen LogP contribution in [-0.4, -0.2) is 28.9 Å². The summed E-state index contributed by atoms with van der Waals surface area (Å²) in [7, 11) is 0. The van der Waals surface area contributed by atoms with E-state index in [1.807, 2.05) is 0 Å². The molecule has 0 aliphatic heterocycles. The highest BCUT2D eigenvalue weighted by Gasteiger charge is 2.92. The molecular weight excluding hydrogens is 225 g/mol. The van der Waals surface area contributed by atoms with Crippen molar-refractivity contribution < 1.29 is 31.1 Å². The summed E-state index contributed by atoms with van der Waals surface area (Å²) in [5, 5.41) is -2.46. The first-order chi connectivity index (χ1) is 5.60. The van der Waals surface area contributed by atoms with Crippen molar-refractivity contribution in [2.75, 3.05) is 0 Å². The molecule has 0 spiro atoms. The largest absolute Gasteiger partial charge is 0.358 e. The molecule has 0 aromatic carbocycles. The van der Waals surface area contributed by atoms with Gasteiger partial charge in [0.05, 0.1) is 0 Å². The summed E-state index contributed by atoms with van der Waals surface area (Å²) < 4.78 is 73.2. The predicted octanol–water partition coefficient (Wildman–Crippen LogP) is 2.08. The number of alkyl halides is 6. The summed E-state index contributed by atoms with van der Waals surface area (Å²) in [5.74, 6) is -10.6. The zero-order chi connectivity index (χ0) is 10.7. The summed E-state index contributed by atoms with van der Waals surface area (Å²) in [5.41, 5.74) is -4.61. The molecule has 1 aliphatic rings. The summed E-state index contributed by atoms with van der Waals surface area (Å²) in [6.45, 7) is 0. The summed E-state index contributed by atoms with van der Waals surface area (Å²) in [6.07, 6.45) is -3.90. The van der Waals surface area contributed by atoms with E-state index >= 15 is 0 Å². The molecule has 13 heavy (non-hydrogen) atoms. The van der Waals surface area contributed by atoms with Crippen molar-refractivity contribution >= 4 is 16.8 Å². The second-order valence-corrected chi connectivity index (χ2v) is 2.89. The van der Waals surface area contributed by atoms with Crippen LogP contribution in [0.3, 0.4) is 0 Å². The molecule has 76 valence electrons. The Balaban J connectivity index is 3.14. The smallest absolute Gasteiger partial charge is 0.277 e. The summed E-state index contributed by atoms with van der Waals surface area (Å²) in [6, 6.07) is 0. The lowest BCUT2D eigenvalue weighted by molar-refractivity contribution is -0.378. The molecule has 0 saturated heterocycles. The summed E-state index contributed by atoms with van der Waals surface area (Å²) >= 11 is 4.26.